The number of carbonyl (C=O) groups is 1. The minimum atomic E-state index is -0.590. The van der Waals surface area contributed by atoms with Gasteiger partial charge in [0.2, 0.25) is 11.8 Å². The van der Waals surface area contributed by atoms with Gasteiger partial charge in [0.15, 0.2) is 0 Å². The number of amides is 1. The number of nitrogens with one attached hydrogen (secondary N) is 1. The van der Waals surface area contributed by atoms with Crippen LogP contribution in [0.15, 0.2) is 12.5 Å². The molecule has 0 unspecified atom stereocenters. The molecule has 6 nitrogen and oxygen atoms in total. The normalized spacial score (nSPS) is 22.1. The van der Waals surface area contributed by atoms with Crippen molar-refractivity contribution in [1.82, 2.24) is 20.2 Å². The van der Waals surface area contributed by atoms with Gasteiger partial charge in [-0.25, -0.2) is 9.97 Å². The summed E-state index contributed by atoms with van der Waals surface area (Å²) in [5.41, 5.74) is 0.480. The predicted octanol–water partition coefficient (Wildman–Crippen LogP) is 1.58. The molecule has 1 saturated heterocycles. The highest BCUT2D eigenvalue weighted by molar-refractivity contribution is 5.82. The van der Waals surface area contributed by atoms with E-state index in [4.69, 9.17) is 4.74 Å². The maximum Gasteiger partial charge on any atom is 0.229 e. The van der Waals surface area contributed by atoms with Gasteiger partial charge in [-0.3, -0.25) is 4.79 Å². The number of carbonyl (C=O) groups excluding carboxylic acids is 1. The lowest BCUT2D eigenvalue weighted by atomic mass is 9.93. The predicted molar refractivity (Wildman–Crippen MR) is 87.3 cm³/mol. The molecule has 1 aromatic rings. The second-order valence-electron chi connectivity index (χ2n) is 7.45. The Balaban J connectivity index is 1.56. The summed E-state index contributed by atoms with van der Waals surface area (Å²) in [5.74, 6) is 1.20. The summed E-state index contributed by atoms with van der Waals surface area (Å²) in [6, 6.07) is 0.243. The van der Waals surface area contributed by atoms with Crippen LogP contribution in [0.3, 0.4) is 0 Å². The minimum absolute atomic E-state index is 0.0415. The Labute approximate surface area is 137 Å². The molecule has 1 amide bonds. The van der Waals surface area contributed by atoms with Crippen LogP contribution < -0.4 is 10.1 Å². The van der Waals surface area contributed by atoms with Gasteiger partial charge in [-0.1, -0.05) is 0 Å². The molecule has 1 aromatic heterocycles. The van der Waals surface area contributed by atoms with E-state index in [0.717, 1.165) is 25.1 Å². The quantitative estimate of drug-likeness (QED) is 0.862. The monoisotopic (exact) mass is 318 g/mol. The summed E-state index contributed by atoms with van der Waals surface area (Å²) in [4.78, 5) is 23.1. The van der Waals surface area contributed by atoms with E-state index >= 15 is 0 Å². The van der Waals surface area contributed by atoms with Gasteiger partial charge in [0.05, 0.1) is 5.41 Å². The highest BCUT2D eigenvalue weighted by Gasteiger charge is 2.33. The lowest BCUT2D eigenvalue weighted by molar-refractivity contribution is -0.131. The van der Waals surface area contributed by atoms with Crippen molar-refractivity contribution in [1.29, 1.82) is 0 Å². The van der Waals surface area contributed by atoms with E-state index in [2.05, 4.69) is 27.2 Å². The molecule has 0 aromatic carbocycles. The van der Waals surface area contributed by atoms with Crippen molar-refractivity contribution in [2.75, 3.05) is 26.7 Å². The molecule has 1 saturated carbocycles. The first-order valence-corrected chi connectivity index (χ1v) is 8.38. The molecule has 2 fully saturated rings. The molecule has 6 heteroatoms. The zero-order chi connectivity index (χ0) is 16.4. The molecule has 1 aliphatic carbocycles. The van der Waals surface area contributed by atoms with Crippen molar-refractivity contribution in [2.45, 2.75) is 45.1 Å². The first-order valence-electron chi connectivity index (χ1n) is 8.38. The lowest BCUT2D eigenvalue weighted by Crippen LogP contribution is -2.46. The SMILES string of the molecule is CN1CC[C@@H](NC(=O)C(C)(C)COc2ncncc2C2CC2)C1. The van der Waals surface area contributed by atoms with Crippen LogP contribution in [-0.4, -0.2) is 53.6 Å². The summed E-state index contributed by atoms with van der Waals surface area (Å²) < 4.78 is 5.89. The second kappa shape index (κ2) is 6.43. The first kappa shape index (κ1) is 16.2. The van der Waals surface area contributed by atoms with Crippen LogP contribution in [0.25, 0.3) is 0 Å². The number of aromatic nitrogens is 2. The fourth-order valence-corrected chi connectivity index (χ4v) is 2.87. The summed E-state index contributed by atoms with van der Waals surface area (Å²) in [6.07, 6.45) is 6.69. The molecule has 2 heterocycles. The van der Waals surface area contributed by atoms with E-state index in [1.807, 2.05) is 20.0 Å². The van der Waals surface area contributed by atoms with E-state index in [-0.39, 0.29) is 11.9 Å². The Hall–Kier alpha value is -1.69. The average Bonchev–Trinajstić information content (AvgIpc) is 3.29. The number of likely N-dealkylation sites (tertiary alicyclic amines) is 1. The maximum absolute atomic E-state index is 12.5. The van der Waals surface area contributed by atoms with Crippen molar-refractivity contribution < 1.29 is 9.53 Å². The van der Waals surface area contributed by atoms with Crippen LogP contribution in [0.5, 0.6) is 5.88 Å². The van der Waals surface area contributed by atoms with Crippen molar-refractivity contribution in [2.24, 2.45) is 5.41 Å². The van der Waals surface area contributed by atoms with Gasteiger partial charge < -0.3 is 15.0 Å². The van der Waals surface area contributed by atoms with E-state index < -0.39 is 5.41 Å². The van der Waals surface area contributed by atoms with Gasteiger partial charge in [-0.15, -0.1) is 0 Å². The van der Waals surface area contributed by atoms with Gasteiger partial charge in [0.25, 0.3) is 0 Å². The molecule has 2 aliphatic rings. The molecule has 1 aliphatic heterocycles. The number of likely N-dealkylation sites (N-methyl/N-ethyl adjacent to an activating group) is 1. The summed E-state index contributed by atoms with van der Waals surface area (Å²) in [7, 11) is 2.08. The molecular formula is C17H26N4O2. The van der Waals surface area contributed by atoms with Crippen LogP contribution in [-0.2, 0) is 4.79 Å². The number of nitrogens with zero attached hydrogens (tertiary/aromatic N) is 3. The summed E-state index contributed by atoms with van der Waals surface area (Å²) in [6.45, 7) is 6.10. The highest BCUT2D eigenvalue weighted by atomic mass is 16.5. The largest absolute Gasteiger partial charge is 0.476 e. The number of hydrogen-bond acceptors (Lipinski definition) is 5. The molecular weight excluding hydrogens is 292 g/mol. The lowest BCUT2D eigenvalue weighted by Gasteiger charge is -2.26. The first-order chi connectivity index (χ1) is 11.0. The maximum atomic E-state index is 12.5. The van der Waals surface area contributed by atoms with E-state index in [9.17, 15) is 4.79 Å². The van der Waals surface area contributed by atoms with Gasteiger partial charge in [-0.05, 0) is 52.6 Å². The number of ether oxygens (including phenoxy) is 1. The van der Waals surface area contributed by atoms with Crippen LogP contribution in [0.1, 0.15) is 44.6 Å². The average molecular weight is 318 g/mol. The summed E-state index contributed by atoms with van der Waals surface area (Å²) in [5, 5.41) is 3.14. The Morgan fingerprint density at radius 1 is 1.43 bits per heavy atom. The van der Waals surface area contributed by atoms with Gasteiger partial charge in [-0.2, -0.15) is 0 Å². The molecule has 3 rings (SSSR count). The number of rotatable bonds is 6. The van der Waals surface area contributed by atoms with Crippen molar-refractivity contribution in [3.8, 4) is 5.88 Å². The van der Waals surface area contributed by atoms with Crippen LogP contribution in [0.2, 0.25) is 0 Å². The Morgan fingerprint density at radius 2 is 2.22 bits per heavy atom. The van der Waals surface area contributed by atoms with E-state index in [0.29, 0.717) is 18.4 Å². The van der Waals surface area contributed by atoms with Crippen molar-refractivity contribution in [3.63, 3.8) is 0 Å². The fourth-order valence-electron chi connectivity index (χ4n) is 2.87. The van der Waals surface area contributed by atoms with Crippen LogP contribution in [0, 0.1) is 5.41 Å². The van der Waals surface area contributed by atoms with Crippen molar-refractivity contribution in [3.05, 3.63) is 18.1 Å². The van der Waals surface area contributed by atoms with E-state index in [1.165, 1.54) is 19.2 Å². The Morgan fingerprint density at radius 3 is 2.87 bits per heavy atom. The van der Waals surface area contributed by atoms with E-state index in [1.54, 1.807) is 0 Å². The molecule has 1 N–H and O–H groups in total. The Kier molecular flexibility index (Phi) is 4.53. The molecule has 0 bridgehead atoms. The number of hydrogen-bond donors (Lipinski definition) is 1. The molecule has 0 spiro atoms. The van der Waals surface area contributed by atoms with Crippen LogP contribution >= 0.6 is 0 Å². The standard InChI is InChI=1S/C17H26N4O2/c1-17(2,16(22)20-13-6-7-21(3)9-13)10-23-15-14(12-4-5-12)8-18-11-19-15/h8,11-13H,4-7,9-10H2,1-3H3,(H,20,22)/t13-/m1/s1. The topological polar surface area (TPSA) is 67.4 Å². The van der Waals surface area contributed by atoms with Gasteiger partial charge in [0.1, 0.15) is 12.9 Å². The summed E-state index contributed by atoms with van der Waals surface area (Å²) >= 11 is 0. The van der Waals surface area contributed by atoms with Gasteiger partial charge in [0, 0.05) is 24.3 Å². The Bertz CT molecular complexity index is 571. The third kappa shape index (κ3) is 3.99. The highest BCUT2D eigenvalue weighted by Crippen LogP contribution is 2.43. The molecule has 126 valence electrons. The zero-order valence-corrected chi connectivity index (χ0v) is 14.2. The van der Waals surface area contributed by atoms with Gasteiger partial charge >= 0.3 is 0 Å². The molecule has 0 radical (unpaired) electrons. The second-order valence-corrected chi connectivity index (χ2v) is 7.45. The van der Waals surface area contributed by atoms with Crippen molar-refractivity contribution >= 4 is 5.91 Å². The fraction of sp³-hybridized carbons (Fsp3) is 0.706. The third-order valence-electron chi connectivity index (χ3n) is 4.63. The smallest absolute Gasteiger partial charge is 0.229 e. The van der Waals surface area contributed by atoms with Crippen LogP contribution in [0.4, 0.5) is 0 Å². The molecule has 1 atom stereocenters. The molecule has 23 heavy (non-hydrogen) atoms. The zero-order valence-electron chi connectivity index (χ0n) is 14.2. The minimum Gasteiger partial charge on any atom is -0.476 e. The third-order valence-corrected chi connectivity index (χ3v) is 4.63.